The Labute approximate surface area is 227 Å². The Kier molecular flexibility index (Phi) is 10.1. The number of esters is 2. The van der Waals surface area contributed by atoms with E-state index in [0.717, 1.165) is 25.7 Å². The first kappa shape index (κ1) is 30.0. The molecule has 0 aromatic heterocycles. The molecule has 38 heavy (non-hydrogen) atoms. The molecule has 4 rings (SSSR count). The smallest absolute Gasteiger partial charge is 0.340 e. The predicted molar refractivity (Wildman–Crippen MR) is 142 cm³/mol. The van der Waals surface area contributed by atoms with Crippen molar-refractivity contribution in [1.82, 2.24) is 0 Å². The Morgan fingerprint density at radius 1 is 0.816 bits per heavy atom. The highest BCUT2D eigenvalue weighted by Gasteiger charge is 2.44. The summed E-state index contributed by atoms with van der Waals surface area (Å²) in [6.45, 7) is 0.0120. The van der Waals surface area contributed by atoms with Gasteiger partial charge in [0, 0.05) is 5.75 Å². The van der Waals surface area contributed by atoms with Crippen LogP contribution in [-0.2, 0) is 28.2 Å². The summed E-state index contributed by atoms with van der Waals surface area (Å²) in [5, 5.41) is -1.97. The van der Waals surface area contributed by atoms with Crippen molar-refractivity contribution in [3.05, 3.63) is 24.3 Å². The maximum Gasteiger partial charge on any atom is 0.340 e. The Hall–Kier alpha value is -0.930. The summed E-state index contributed by atoms with van der Waals surface area (Å²) in [6, 6.07) is 0. The fourth-order valence-corrected chi connectivity index (χ4v) is 9.82. The van der Waals surface area contributed by atoms with E-state index in [1.165, 1.54) is 11.8 Å². The third-order valence-corrected chi connectivity index (χ3v) is 13.2. The van der Waals surface area contributed by atoms with Crippen molar-refractivity contribution in [2.24, 2.45) is 35.5 Å². The molecule has 4 bridgehead atoms. The molecule has 0 heterocycles. The minimum absolute atomic E-state index is 0.0120. The Balaban J connectivity index is 1.21. The zero-order valence-corrected chi connectivity index (χ0v) is 23.9. The van der Waals surface area contributed by atoms with Crippen LogP contribution < -0.4 is 0 Å². The molecule has 4 aliphatic carbocycles. The van der Waals surface area contributed by atoms with Gasteiger partial charge in [-0.25, -0.2) is 0 Å². The predicted octanol–water partition coefficient (Wildman–Crippen LogP) is 3.84. The quantitative estimate of drug-likeness (QED) is 0.0944. The van der Waals surface area contributed by atoms with Crippen molar-refractivity contribution in [3.63, 3.8) is 0 Å². The van der Waals surface area contributed by atoms with Gasteiger partial charge in [0.15, 0.2) is 5.40 Å². The van der Waals surface area contributed by atoms with Crippen LogP contribution in [0.3, 0.4) is 0 Å². The molecule has 0 amide bonds. The summed E-state index contributed by atoms with van der Waals surface area (Å²) in [6.07, 6.45) is 12.7. The van der Waals surface area contributed by atoms with Gasteiger partial charge in [-0.2, -0.15) is 11.8 Å². The summed E-state index contributed by atoms with van der Waals surface area (Å²) in [7, 11) is -9.79. The molecule has 214 valence electrons. The fraction of sp³-hybridized carbons (Fsp3) is 0.760. The van der Waals surface area contributed by atoms with Crippen molar-refractivity contribution in [3.8, 4) is 0 Å². The van der Waals surface area contributed by atoms with E-state index in [4.69, 9.17) is 9.47 Å². The van der Waals surface area contributed by atoms with Crippen LogP contribution in [-0.4, -0.2) is 61.1 Å². The van der Waals surface area contributed by atoms with E-state index >= 15 is 0 Å². The van der Waals surface area contributed by atoms with Crippen molar-refractivity contribution in [1.29, 1.82) is 0 Å². The second-order valence-electron chi connectivity index (χ2n) is 11.0. The van der Waals surface area contributed by atoms with Crippen LogP contribution in [0, 0.1) is 35.5 Å². The summed E-state index contributed by atoms with van der Waals surface area (Å²) < 4.78 is 34.2. The number of ether oxygens (including phenoxy) is 2. The van der Waals surface area contributed by atoms with Crippen molar-refractivity contribution >= 4 is 38.9 Å². The lowest BCUT2D eigenvalue weighted by atomic mass is 9.94. The molecule has 4 N–H and O–H groups in total. The molecule has 0 aliphatic heterocycles. The fourth-order valence-electron chi connectivity index (χ4n) is 6.21. The number of carbonyl (C=O) groups excluding carboxylic acids is 2. The summed E-state index contributed by atoms with van der Waals surface area (Å²) in [4.78, 5) is 62.5. The van der Waals surface area contributed by atoms with Gasteiger partial charge >= 0.3 is 27.1 Å². The Morgan fingerprint density at radius 3 is 1.89 bits per heavy atom. The van der Waals surface area contributed by atoms with Crippen LogP contribution in [0.25, 0.3) is 0 Å². The number of carbonyl (C=O) groups is 2. The van der Waals surface area contributed by atoms with Crippen molar-refractivity contribution in [2.45, 2.75) is 62.9 Å². The first-order valence-corrected chi connectivity index (χ1v) is 17.9. The van der Waals surface area contributed by atoms with E-state index < -0.39 is 26.7 Å². The lowest BCUT2D eigenvalue weighted by Gasteiger charge is -2.24. The van der Waals surface area contributed by atoms with Gasteiger partial charge < -0.3 is 29.0 Å². The molecule has 7 atom stereocenters. The molecule has 0 radical (unpaired) electrons. The average molecular weight is 593 g/mol. The molecular formula is C25H38O10P2S. The van der Waals surface area contributed by atoms with Gasteiger partial charge in [0.25, 0.3) is 0 Å². The minimum atomic E-state index is -4.89. The van der Waals surface area contributed by atoms with Crippen LogP contribution in [0.2, 0.25) is 0 Å². The lowest BCUT2D eigenvalue weighted by Crippen LogP contribution is -2.33. The van der Waals surface area contributed by atoms with Crippen LogP contribution >= 0.6 is 27.0 Å². The second-order valence-corrected chi connectivity index (χ2v) is 16.2. The first-order chi connectivity index (χ1) is 17.9. The molecule has 7 unspecified atom stereocenters. The van der Waals surface area contributed by atoms with Gasteiger partial charge in [-0.1, -0.05) is 37.1 Å². The SMILES string of the molecule is O=C(OCC(CSCCCCCC(P(=O)(O)O)P(=O)(O)O)OC(=O)C1CC2C=CC1C2)C1CC2C=CC1C2. The number of fused-ring (bicyclic) bond motifs is 4. The van der Waals surface area contributed by atoms with Gasteiger partial charge in [0.05, 0.1) is 11.8 Å². The lowest BCUT2D eigenvalue weighted by molar-refractivity contribution is -0.163. The van der Waals surface area contributed by atoms with E-state index in [1.807, 2.05) is 0 Å². The van der Waals surface area contributed by atoms with E-state index in [9.17, 15) is 38.3 Å². The number of thioether (sulfide) groups is 1. The molecule has 4 aliphatic rings. The monoisotopic (exact) mass is 592 g/mol. The normalized spacial score (nSPS) is 30.3. The topological polar surface area (TPSA) is 168 Å². The largest absolute Gasteiger partial charge is 0.461 e. The standard InChI is InChI=1S/C25H38O10P2S/c26-24(21-12-16-5-7-18(21)10-16)34-14-20(35-25(27)22-13-17-6-8-19(22)11-17)15-38-9-3-1-2-4-23(36(28,29)30)37(31,32)33/h5-8,16-23H,1-4,9-15H2,(H2,28,29,30)(H2,31,32,33). The van der Waals surface area contributed by atoms with E-state index in [0.29, 0.717) is 36.2 Å². The maximum absolute atomic E-state index is 12.9. The first-order valence-electron chi connectivity index (χ1n) is 13.3. The molecule has 0 aromatic rings. The van der Waals surface area contributed by atoms with Gasteiger partial charge in [-0.05, 0) is 67.9 Å². The molecule has 0 spiro atoms. The molecule has 2 fully saturated rings. The minimum Gasteiger partial charge on any atom is -0.461 e. The number of unbranched alkanes of at least 4 members (excludes halogenated alkanes) is 2. The number of hydrogen-bond donors (Lipinski definition) is 4. The number of hydrogen-bond acceptors (Lipinski definition) is 7. The number of rotatable bonds is 15. The zero-order chi connectivity index (χ0) is 27.5. The molecule has 0 saturated heterocycles. The third kappa shape index (κ3) is 7.84. The van der Waals surface area contributed by atoms with Crippen LogP contribution in [0.15, 0.2) is 24.3 Å². The van der Waals surface area contributed by atoms with Gasteiger partial charge in [-0.15, -0.1) is 0 Å². The molecule has 13 heteroatoms. The molecule has 10 nitrogen and oxygen atoms in total. The van der Waals surface area contributed by atoms with Crippen molar-refractivity contribution in [2.75, 3.05) is 18.1 Å². The van der Waals surface area contributed by atoms with E-state index in [2.05, 4.69) is 24.3 Å². The summed E-state index contributed by atoms with van der Waals surface area (Å²) in [5.74, 6) is 1.68. The van der Waals surface area contributed by atoms with Gasteiger partial charge in [0.2, 0.25) is 0 Å². The van der Waals surface area contributed by atoms with Crippen LogP contribution in [0.4, 0.5) is 0 Å². The van der Waals surface area contributed by atoms with Crippen LogP contribution in [0.1, 0.15) is 51.4 Å². The highest BCUT2D eigenvalue weighted by atomic mass is 32.2. The molecule has 2 saturated carbocycles. The highest BCUT2D eigenvalue weighted by molar-refractivity contribution is 7.99. The maximum atomic E-state index is 12.9. The highest BCUT2D eigenvalue weighted by Crippen LogP contribution is 2.61. The zero-order valence-electron chi connectivity index (χ0n) is 21.2. The molecular weight excluding hydrogens is 554 g/mol. The van der Waals surface area contributed by atoms with Crippen LogP contribution in [0.5, 0.6) is 0 Å². The van der Waals surface area contributed by atoms with E-state index in [1.54, 1.807) is 0 Å². The van der Waals surface area contributed by atoms with Crippen molar-refractivity contribution < 1.29 is 47.8 Å². The van der Waals surface area contributed by atoms with Gasteiger partial charge in [0.1, 0.15) is 12.7 Å². The Bertz CT molecular complexity index is 998. The Morgan fingerprint density at radius 2 is 1.39 bits per heavy atom. The average Bonchev–Trinajstić information content (AvgIpc) is 3.64. The second kappa shape index (κ2) is 12.7. The summed E-state index contributed by atoms with van der Waals surface area (Å²) >= 11 is 1.53. The molecule has 0 aromatic carbocycles. The summed E-state index contributed by atoms with van der Waals surface area (Å²) in [5.41, 5.74) is 0. The van der Waals surface area contributed by atoms with Gasteiger partial charge in [-0.3, -0.25) is 18.7 Å². The number of allylic oxidation sites excluding steroid dienone is 4. The third-order valence-electron chi connectivity index (χ3n) is 8.19. The van der Waals surface area contributed by atoms with E-state index in [-0.39, 0.29) is 55.1 Å².